The van der Waals surface area contributed by atoms with Crippen LogP contribution < -0.4 is 28.2 Å². The normalized spacial score (nSPS) is 26.5. The molecule has 0 aliphatic carbocycles. The highest BCUT2D eigenvalue weighted by molar-refractivity contribution is 7.90. The maximum atomic E-state index is 14.5. The summed E-state index contributed by atoms with van der Waals surface area (Å²) in [6, 6.07) is -0.743. The summed E-state index contributed by atoms with van der Waals surface area (Å²) in [4.78, 5) is 57.5. The first-order valence-corrected chi connectivity index (χ1v) is 27.1. The summed E-state index contributed by atoms with van der Waals surface area (Å²) in [5.74, 6) is 5.45. The van der Waals surface area contributed by atoms with E-state index in [4.69, 9.17) is 33.8 Å². The van der Waals surface area contributed by atoms with Gasteiger partial charge >= 0.3 is 11.4 Å². The summed E-state index contributed by atoms with van der Waals surface area (Å²) in [7, 11) is -9.69. The summed E-state index contributed by atoms with van der Waals surface area (Å²) >= 11 is 0. The average molecular weight is 907 g/mol. The highest BCUT2D eigenvalue weighted by Gasteiger charge is 2.67. The molecule has 5 heterocycles. The monoisotopic (exact) mass is 906 g/mol. The van der Waals surface area contributed by atoms with Crippen LogP contribution in [0.1, 0.15) is 71.5 Å². The lowest BCUT2D eigenvalue weighted by Gasteiger charge is -2.43. The summed E-state index contributed by atoms with van der Waals surface area (Å²) < 4.78 is 62.3. The van der Waals surface area contributed by atoms with Crippen molar-refractivity contribution in [3.05, 3.63) is 86.7 Å². The number of aryl methyl sites for hydroxylation is 2. The van der Waals surface area contributed by atoms with Gasteiger partial charge in [0, 0.05) is 34.9 Å². The topological polar surface area (TPSA) is 263 Å². The molecule has 0 saturated carbocycles. The van der Waals surface area contributed by atoms with Crippen LogP contribution in [-0.2, 0) is 45.7 Å². The second-order valence-electron chi connectivity index (χ2n) is 18.8. The number of azide groups is 1. The Morgan fingerprint density at radius 3 is 1.93 bits per heavy atom. The number of hydrogen-bond acceptors (Lipinski definition) is 14. The van der Waals surface area contributed by atoms with Crippen molar-refractivity contribution in [3.63, 3.8) is 0 Å². The fourth-order valence-corrected chi connectivity index (χ4v) is 10.4. The quantitative estimate of drug-likeness (QED) is 0.0822. The van der Waals surface area contributed by atoms with E-state index < -0.39 is 116 Å². The molecule has 3 N–H and O–H groups in total. The second-order valence-corrected chi connectivity index (χ2v) is 29.7. The molecule has 0 bridgehead atoms. The summed E-state index contributed by atoms with van der Waals surface area (Å²) in [6.07, 6.45) is -2.98. The smallest absolute Gasteiger partial charge is 0.334 e. The van der Waals surface area contributed by atoms with E-state index >= 15 is 0 Å². The van der Waals surface area contributed by atoms with Gasteiger partial charge in [0.2, 0.25) is 0 Å². The first kappa shape index (κ1) is 48.0. The number of nitrogens with zero attached hydrogens (tertiary/aromatic N) is 7. The summed E-state index contributed by atoms with van der Waals surface area (Å²) in [5.41, 5.74) is 10.7. The van der Waals surface area contributed by atoms with Crippen molar-refractivity contribution in [1.82, 2.24) is 18.3 Å². The summed E-state index contributed by atoms with van der Waals surface area (Å²) in [6.45, 7) is 21.6. The van der Waals surface area contributed by atoms with E-state index in [0.29, 0.717) is 0 Å². The van der Waals surface area contributed by atoms with Gasteiger partial charge in [-0.05, 0) is 55.6 Å². The van der Waals surface area contributed by atoms with Gasteiger partial charge in [-0.1, -0.05) is 58.5 Å². The molecular weight excluding hydrogens is 849 g/mol. The summed E-state index contributed by atoms with van der Waals surface area (Å²) in [5, 5.41) is 13.5. The molecule has 23 heteroatoms. The Hall–Kier alpha value is -4.09. The third kappa shape index (κ3) is 9.06. The molecule has 3 aliphatic heterocycles. The molecule has 2 fully saturated rings. The highest BCUT2D eigenvalue weighted by Crippen LogP contribution is 2.52. The predicted octanol–water partition coefficient (Wildman–Crippen LogP) is 2.82. The molecule has 3 aliphatic rings. The maximum Gasteiger partial charge on any atom is 0.334 e. The number of aliphatic hydroxyl groups is 1. The van der Waals surface area contributed by atoms with Gasteiger partial charge in [0.05, 0.1) is 49.6 Å². The zero-order valence-electron chi connectivity index (χ0n) is 36.8. The Morgan fingerprint density at radius 2 is 1.46 bits per heavy atom. The number of aromatic nitrogens is 4. The van der Waals surface area contributed by atoms with Gasteiger partial charge in [0.15, 0.2) is 28.5 Å². The van der Waals surface area contributed by atoms with Crippen molar-refractivity contribution >= 4 is 26.8 Å². The SMILES string of the molecule is Cc1cn([C@@H]2O[C@H](CO[Si](C)(C)C(C)(C)C)C3(OS(=O)(=O)C=C3N)[C@H]2O[Si](C)(C)C(C)(C)C)c(=O)n(CC#CCn2c(=O)c(C)cn([C@H]3C[C@H](N=[N+]=[N-])[C@@H](CO)O3)c2=O)c1=O. The number of ether oxygens (including phenoxy) is 2. The molecule has 61 heavy (non-hydrogen) atoms. The molecule has 2 saturated heterocycles. The molecule has 1 unspecified atom stereocenters. The van der Waals surface area contributed by atoms with Crippen LogP contribution in [0, 0.1) is 25.7 Å². The zero-order valence-corrected chi connectivity index (χ0v) is 39.6. The average Bonchev–Trinajstić information content (AvgIpc) is 3.76. The molecule has 2 aromatic heterocycles. The third-order valence-electron chi connectivity index (χ3n) is 12.6. The van der Waals surface area contributed by atoms with E-state index in [-0.39, 0.29) is 34.9 Å². The van der Waals surface area contributed by atoms with E-state index in [1.54, 1.807) is 0 Å². The molecule has 7 atom stereocenters. The van der Waals surface area contributed by atoms with E-state index in [1.807, 2.05) is 67.7 Å². The number of nitrogens with two attached hydrogens (primary N) is 1. The zero-order chi connectivity index (χ0) is 45.8. The Balaban J connectivity index is 1.56. The molecule has 336 valence electrons. The highest BCUT2D eigenvalue weighted by atomic mass is 32.2. The van der Waals surface area contributed by atoms with Gasteiger partial charge in [-0.2, -0.15) is 8.42 Å². The van der Waals surface area contributed by atoms with Crippen LogP contribution in [0.5, 0.6) is 0 Å². The van der Waals surface area contributed by atoms with E-state index in [1.165, 1.54) is 30.8 Å². The minimum Gasteiger partial charge on any atom is -0.414 e. The number of hydrogen-bond donors (Lipinski definition) is 2. The number of aliphatic hydroxyl groups excluding tert-OH is 1. The molecule has 0 radical (unpaired) electrons. The molecule has 2 aromatic rings. The van der Waals surface area contributed by atoms with Crippen LogP contribution in [0.4, 0.5) is 0 Å². The molecule has 5 rings (SSSR count). The van der Waals surface area contributed by atoms with E-state index in [0.717, 1.165) is 19.1 Å². The van der Waals surface area contributed by atoms with Crippen molar-refractivity contribution in [3.8, 4) is 11.8 Å². The minimum absolute atomic E-state index is 0.0733. The van der Waals surface area contributed by atoms with E-state index in [2.05, 4.69) is 21.9 Å². The molecule has 20 nitrogen and oxygen atoms in total. The van der Waals surface area contributed by atoms with Crippen LogP contribution in [0.15, 0.2) is 47.8 Å². The molecule has 0 aromatic carbocycles. The van der Waals surface area contributed by atoms with Gasteiger partial charge in [0.1, 0.15) is 18.4 Å². The first-order valence-electron chi connectivity index (χ1n) is 19.9. The third-order valence-corrected chi connectivity index (χ3v) is 22.6. The lowest BCUT2D eigenvalue weighted by Crippen LogP contribution is -2.59. The van der Waals surface area contributed by atoms with Crippen LogP contribution in [0.3, 0.4) is 0 Å². The largest absolute Gasteiger partial charge is 0.414 e. The van der Waals surface area contributed by atoms with Crippen molar-refractivity contribution in [2.75, 3.05) is 13.2 Å². The van der Waals surface area contributed by atoms with Gasteiger partial charge in [-0.3, -0.25) is 18.7 Å². The van der Waals surface area contributed by atoms with E-state index in [9.17, 15) is 32.7 Å². The van der Waals surface area contributed by atoms with Crippen LogP contribution >= 0.6 is 0 Å². The van der Waals surface area contributed by atoms with Gasteiger partial charge in [-0.15, -0.1) is 0 Å². The van der Waals surface area contributed by atoms with Gasteiger partial charge < -0.3 is 29.2 Å². The standard InChI is InChI=1S/C38H58N8O12SSi2/c1-23-18-45(29-17-25(41-42-40)26(20-47)55-29)34(50)43(31(23)48)15-13-14-16-44-32(49)24(2)19-46(35(44)51)33-30(57-61(11,12)37(6,7)8)38(27(39)22-59(52,53)58-38)28(56-33)21-54-60(9,10)36(3,4)5/h18-19,22,25-26,28-30,33,47H,15-17,20-21,39H2,1-12H3/t25-,26+,28+,29+,30-,33+,38?/m0/s1. The van der Waals surface area contributed by atoms with Crippen molar-refractivity contribution in [2.45, 2.75) is 154 Å². The fraction of sp³-hybridized carbons (Fsp3) is 0.684. The Morgan fingerprint density at radius 1 is 0.934 bits per heavy atom. The molecular formula is C38H58N8O12SSi2. The van der Waals surface area contributed by atoms with Crippen molar-refractivity contribution in [1.29, 1.82) is 0 Å². The Kier molecular flexibility index (Phi) is 13.3. The lowest BCUT2D eigenvalue weighted by molar-refractivity contribution is -0.0567. The predicted molar refractivity (Wildman–Crippen MR) is 230 cm³/mol. The second kappa shape index (κ2) is 16.9. The molecule has 1 spiro atoms. The van der Waals surface area contributed by atoms with Gasteiger partial charge in [-0.25, -0.2) is 22.9 Å². The fourth-order valence-electron chi connectivity index (χ4n) is 6.91. The van der Waals surface area contributed by atoms with Crippen LogP contribution in [-0.4, -0.2) is 91.6 Å². The number of rotatable bonds is 11. The van der Waals surface area contributed by atoms with Crippen LogP contribution in [0.2, 0.25) is 36.3 Å². The first-order chi connectivity index (χ1) is 28.0. The maximum absolute atomic E-state index is 14.5. The minimum atomic E-state index is -4.35. The van der Waals surface area contributed by atoms with Crippen molar-refractivity contribution < 1.29 is 36.0 Å². The Bertz CT molecular complexity index is 2550. The van der Waals surface area contributed by atoms with Crippen LogP contribution in [0.25, 0.3) is 10.4 Å². The molecule has 0 amide bonds. The van der Waals surface area contributed by atoms with Crippen molar-refractivity contribution in [2.24, 2.45) is 10.8 Å². The lowest BCUT2D eigenvalue weighted by atomic mass is 9.89. The Labute approximate surface area is 356 Å². The van der Waals surface area contributed by atoms with Gasteiger partial charge in [0.25, 0.3) is 21.2 Å².